The number of carbonyl (C=O) groups excluding carboxylic acids is 3. The summed E-state index contributed by atoms with van der Waals surface area (Å²) in [5.74, 6) is 0.566. The Morgan fingerprint density at radius 1 is 1.32 bits per heavy atom. The Morgan fingerprint density at radius 2 is 2.16 bits per heavy atom. The molecule has 0 unspecified atom stereocenters. The average Bonchev–Trinajstić information content (AvgIpc) is 3.26. The van der Waals surface area contributed by atoms with Gasteiger partial charge in [-0.3, -0.25) is 19.8 Å². The second-order valence-corrected chi connectivity index (χ2v) is 8.74. The van der Waals surface area contributed by atoms with E-state index >= 15 is 0 Å². The number of aldehydes is 1. The molecule has 2 aromatic rings. The van der Waals surface area contributed by atoms with Gasteiger partial charge < -0.3 is 19.7 Å². The molecular formula is C25H29N7O5. The number of amides is 3. The van der Waals surface area contributed by atoms with Crippen LogP contribution in [0.3, 0.4) is 0 Å². The number of aromatic nitrogens is 2. The fourth-order valence-corrected chi connectivity index (χ4v) is 4.50. The summed E-state index contributed by atoms with van der Waals surface area (Å²) < 4.78 is 10.2. The monoisotopic (exact) mass is 507 g/mol. The first kappa shape index (κ1) is 26.0. The molecule has 0 radical (unpaired) electrons. The van der Waals surface area contributed by atoms with Crippen LogP contribution in [0.5, 0.6) is 0 Å². The summed E-state index contributed by atoms with van der Waals surface area (Å²) in [7, 11) is 3.09. The van der Waals surface area contributed by atoms with Crippen molar-refractivity contribution in [2.45, 2.75) is 31.9 Å². The minimum Gasteiger partial charge on any atom is -0.383 e. The Morgan fingerprint density at radius 3 is 2.86 bits per heavy atom. The van der Waals surface area contributed by atoms with Crippen LogP contribution in [0.2, 0.25) is 0 Å². The lowest BCUT2D eigenvalue weighted by molar-refractivity contribution is -0.136. The quantitative estimate of drug-likeness (QED) is 0.383. The van der Waals surface area contributed by atoms with Crippen molar-refractivity contribution in [3.8, 4) is 6.07 Å². The highest BCUT2D eigenvalue weighted by molar-refractivity contribution is 6.02. The maximum atomic E-state index is 13.2. The van der Waals surface area contributed by atoms with E-state index < -0.39 is 12.1 Å². The SMILES string of the molecule is COCCNc1cc(NC(=O)N2CCCc3cc(CN4CC[C@@H](OC)C4=O)c(C=O)nc32)ncc1C#N. The maximum Gasteiger partial charge on any atom is 0.328 e. The van der Waals surface area contributed by atoms with Gasteiger partial charge in [0.25, 0.3) is 5.91 Å². The van der Waals surface area contributed by atoms with Gasteiger partial charge in [0, 0.05) is 64.6 Å². The largest absolute Gasteiger partial charge is 0.383 e. The van der Waals surface area contributed by atoms with Crippen molar-refractivity contribution in [3.05, 3.63) is 40.7 Å². The number of carbonyl (C=O) groups is 3. The summed E-state index contributed by atoms with van der Waals surface area (Å²) in [5.41, 5.74) is 2.53. The summed E-state index contributed by atoms with van der Waals surface area (Å²) in [6.07, 6.45) is 3.57. The number of urea groups is 1. The molecule has 2 N–H and O–H groups in total. The van der Waals surface area contributed by atoms with Gasteiger partial charge in [0.1, 0.15) is 29.5 Å². The molecule has 4 rings (SSSR count). The molecule has 37 heavy (non-hydrogen) atoms. The Kier molecular flexibility index (Phi) is 8.27. The van der Waals surface area contributed by atoms with Crippen LogP contribution in [-0.2, 0) is 27.2 Å². The van der Waals surface area contributed by atoms with E-state index in [1.54, 1.807) is 18.1 Å². The molecule has 2 aliphatic heterocycles. The van der Waals surface area contributed by atoms with Crippen molar-refractivity contribution in [2.75, 3.05) is 56.0 Å². The number of nitriles is 1. The number of hydrogen-bond donors (Lipinski definition) is 2. The highest BCUT2D eigenvalue weighted by Gasteiger charge is 2.33. The number of methoxy groups -OCH3 is 2. The number of pyridine rings is 2. The Bertz CT molecular complexity index is 1230. The van der Waals surface area contributed by atoms with Crippen LogP contribution in [0.25, 0.3) is 0 Å². The molecule has 1 saturated heterocycles. The van der Waals surface area contributed by atoms with Crippen molar-refractivity contribution in [1.29, 1.82) is 5.26 Å². The molecule has 4 heterocycles. The first-order valence-corrected chi connectivity index (χ1v) is 12.0. The predicted molar refractivity (Wildman–Crippen MR) is 134 cm³/mol. The summed E-state index contributed by atoms with van der Waals surface area (Å²) in [5, 5.41) is 15.2. The lowest BCUT2D eigenvalue weighted by atomic mass is 10.0. The molecule has 194 valence electrons. The molecule has 12 heteroatoms. The van der Waals surface area contributed by atoms with Crippen molar-refractivity contribution < 1.29 is 23.9 Å². The van der Waals surface area contributed by atoms with Gasteiger partial charge in [0.05, 0.1) is 17.9 Å². The number of likely N-dealkylation sites (tertiary alicyclic amines) is 1. The number of ether oxygens (including phenoxy) is 2. The van der Waals surface area contributed by atoms with Gasteiger partial charge >= 0.3 is 6.03 Å². The minimum atomic E-state index is -0.462. The molecular weight excluding hydrogens is 478 g/mol. The van der Waals surface area contributed by atoms with Crippen LogP contribution in [0.15, 0.2) is 18.3 Å². The molecule has 12 nitrogen and oxygen atoms in total. The molecule has 0 saturated carbocycles. The molecule has 0 bridgehead atoms. The second-order valence-electron chi connectivity index (χ2n) is 8.74. The highest BCUT2D eigenvalue weighted by Crippen LogP contribution is 2.29. The van der Waals surface area contributed by atoms with Gasteiger partial charge in [-0.15, -0.1) is 0 Å². The number of nitrogens with zero attached hydrogens (tertiary/aromatic N) is 5. The lowest BCUT2D eigenvalue weighted by Crippen LogP contribution is -2.40. The van der Waals surface area contributed by atoms with Crippen molar-refractivity contribution in [1.82, 2.24) is 14.9 Å². The van der Waals surface area contributed by atoms with Crippen LogP contribution in [0, 0.1) is 11.3 Å². The topological polar surface area (TPSA) is 150 Å². The smallest absolute Gasteiger partial charge is 0.328 e. The highest BCUT2D eigenvalue weighted by atomic mass is 16.5. The molecule has 2 aromatic heterocycles. The minimum absolute atomic E-state index is 0.107. The zero-order chi connectivity index (χ0) is 26.4. The van der Waals surface area contributed by atoms with E-state index in [0.29, 0.717) is 74.4 Å². The van der Waals surface area contributed by atoms with E-state index in [0.717, 1.165) is 5.56 Å². The number of aryl methyl sites for hydroxylation is 1. The normalized spacial score (nSPS) is 16.8. The summed E-state index contributed by atoms with van der Waals surface area (Å²) in [4.78, 5) is 49.4. The molecule has 1 fully saturated rings. The third-order valence-electron chi connectivity index (χ3n) is 6.41. The van der Waals surface area contributed by atoms with Gasteiger partial charge in [0.2, 0.25) is 0 Å². The number of anilines is 3. The third kappa shape index (κ3) is 5.68. The molecule has 2 aliphatic rings. The summed E-state index contributed by atoms with van der Waals surface area (Å²) >= 11 is 0. The lowest BCUT2D eigenvalue weighted by Gasteiger charge is -2.29. The fraction of sp³-hybridized carbons (Fsp3) is 0.440. The van der Waals surface area contributed by atoms with Crippen molar-refractivity contribution in [3.63, 3.8) is 0 Å². The van der Waals surface area contributed by atoms with Crippen LogP contribution < -0.4 is 15.5 Å². The van der Waals surface area contributed by atoms with Gasteiger partial charge in [-0.2, -0.15) is 5.26 Å². The van der Waals surface area contributed by atoms with E-state index in [9.17, 15) is 19.6 Å². The molecule has 0 aliphatic carbocycles. The van der Waals surface area contributed by atoms with Crippen molar-refractivity contribution in [2.24, 2.45) is 0 Å². The third-order valence-corrected chi connectivity index (χ3v) is 6.41. The van der Waals surface area contributed by atoms with Gasteiger partial charge in [-0.25, -0.2) is 14.8 Å². The van der Waals surface area contributed by atoms with Crippen LogP contribution >= 0.6 is 0 Å². The number of rotatable bonds is 9. The number of nitrogens with one attached hydrogen (secondary N) is 2. The zero-order valence-corrected chi connectivity index (χ0v) is 20.8. The molecule has 0 spiro atoms. The Balaban J connectivity index is 1.53. The summed E-state index contributed by atoms with van der Waals surface area (Å²) in [6, 6.07) is 5.07. The zero-order valence-electron chi connectivity index (χ0n) is 20.8. The van der Waals surface area contributed by atoms with Crippen molar-refractivity contribution >= 4 is 35.5 Å². The van der Waals surface area contributed by atoms with E-state index in [-0.39, 0.29) is 24.0 Å². The maximum absolute atomic E-state index is 13.2. The van der Waals surface area contributed by atoms with E-state index in [2.05, 4.69) is 26.7 Å². The molecule has 1 atom stereocenters. The first-order valence-electron chi connectivity index (χ1n) is 12.0. The van der Waals surface area contributed by atoms with E-state index in [4.69, 9.17) is 9.47 Å². The van der Waals surface area contributed by atoms with Crippen LogP contribution in [0.4, 0.5) is 22.1 Å². The predicted octanol–water partition coefficient (Wildman–Crippen LogP) is 1.95. The second kappa shape index (κ2) is 11.8. The number of fused-ring (bicyclic) bond motifs is 1. The standard InChI is InChI=1S/C25H29N7O5/c1-36-9-6-27-19-11-22(28-13-18(19)12-26)30-25(35)32-7-3-4-16-10-17(20(15-33)29-23(16)32)14-31-8-5-21(37-2)24(31)34/h10-11,13,15,21H,3-9,14H2,1-2H3,(H2,27,28,30,35)/t21-/m1/s1. The van der Waals surface area contributed by atoms with Gasteiger partial charge in [-0.05, 0) is 24.5 Å². The average molecular weight is 508 g/mol. The Labute approximate surface area is 214 Å². The Hall–Kier alpha value is -4.08. The molecule has 0 aromatic carbocycles. The fourth-order valence-electron chi connectivity index (χ4n) is 4.50. The van der Waals surface area contributed by atoms with Crippen LogP contribution in [0.1, 0.15) is 40.0 Å². The van der Waals surface area contributed by atoms with Gasteiger partial charge in [0.15, 0.2) is 6.29 Å². The van der Waals surface area contributed by atoms with E-state index in [1.165, 1.54) is 18.2 Å². The van der Waals surface area contributed by atoms with E-state index in [1.807, 2.05) is 6.07 Å². The van der Waals surface area contributed by atoms with Crippen LogP contribution in [-0.4, -0.2) is 79.7 Å². The first-order chi connectivity index (χ1) is 18.0. The van der Waals surface area contributed by atoms with Gasteiger partial charge in [-0.1, -0.05) is 0 Å². The molecule has 3 amide bonds. The summed E-state index contributed by atoms with van der Waals surface area (Å²) in [6.45, 7) is 2.15. The number of hydrogen-bond acceptors (Lipinski definition) is 9.